The molecule has 0 saturated carbocycles. The Bertz CT molecular complexity index is 1160. The van der Waals surface area contributed by atoms with Crippen molar-refractivity contribution in [1.82, 2.24) is 5.32 Å². The minimum atomic E-state index is -1.58. The predicted molar refractivity (Wildman–Crippen MR) is 272 cm³/mol. The quantitative estimate of drug-likeness (QED) is 0.0261. The lowest BCUT2D eigenvalue weighted by Gasteiger charge is -2.40. The minimum Gasteiger partial charge on any atom is -0.394 e. The van der Waals surface area contributed by atoms with Gasteiger partial charge in [0, 0.05) is 6.42 Å². The Morgan fingerprint density at radius 2 is 0.923 bits per heavy atom. The van der Waals surface area contributed by atoms with Gasteiger partial charge in [-0.3, -0.25) is 4.79 Å². The Labute approximate surface area is 399 Å². The molecule has 0 bridgehead atoms. The second-order valence-corrected chi connectivity index (χ2v) is 19.0. The van der Waals surface area contributed by atoms with E-state index < -0.39 is 49.5 Å². The van der Waals surface area contributed by atoms with E-state index in [1.807, 2.05) is 6.08 Å². The van der Waals surface area contributed by atoms with Crippen molar-refractivity contribution in [2.75, 3.05) is 13.2 Å². The Morgan fingerprint density at radius 1 is 0.523 bits per heavy atom. The largest absolute Gasteiger partial charge is 0.394 e. The fraction of sp³-hybridized carbons (Fsp3) is 0.839. The van der Waals surface area contributed by atoms with Crippen molar-refractivity contribution in [2.45, 2.75) is 288 Å². The number of hydrogen-bond donors (Lipinski definition) is 6. The van der Waals surface area contributed by atoms with Gasteiger partial charge in [0.25, 0.3) is 0 Å². The van der Waals surface area contributed by atoms with E-state index in [2.05, 4.69) is 55.6 Å². The van der Waals surface area contributed by atoms with E-state index in [4.69, 9.17) is 9.47 Å². The fourth-order valence-corrected chi connectivity index (χ4v) is 8.50. The lowest BCUT2D eigenvalue weighted by Crippen LogP contribution is -2.60. The number of carbonyl (C=O) groups excluding carboxylic acids is 1. The molecule has 1 aliphatic heterocycles. The standard InChI is InChI=1S/C56H103NO8/c1-3-5-7-9-11-13-15-17-19-21-22-23-24-25-26-27-28-29-30-31-33-35-37-39-41-43-45-50(59)49(48-64-56-55(63)54(62)53(61)51(47-58)65-56)57-52(60)46-44-42-40-38-36-34-32-20-18-16-14-12-10-8-6-4-2/h14,16,20,32,35,37,43,45,49-51,53-56,58-59,61-63H,3-13,15,17-19,21-31,33-34,36,38-42,44,46-48H2,1-2H3,(H,57,60)/b16-14-,32-20-,37-35+,45-43+. The van der Waals surface area contributed by atoms with Gasteiger partial charge in [-0.1, -0.05) is 223 Å². The summed E-state index contributed by atoms with van der Waals surface area (Å²) in [5, 5.41) is 54.4. The topological polar surface area (TPSA) is 149 Å². The molecule has 380 valence electrons. The number of nitrogens with one attached hydrogen (secondary N) is 1. The minimum absolute atomic E-state index is 0.200. The first kappa shape index (κ1) is 61.2. The number of aliphatic hydroxyl groups excluding tert-OH is 5. The van der Waals surface area contributed by atoms with Crippen molar-refractivity contribution >= 4 is 5.91 Å². The third-order valence-electron chi connectivity index (χ3n) is 12.9. The van der Waals surface area contributed by atoms with Gasteiger partial charge >= 0.3 is 0 Å². The molecule has 1 fully saturated rings. The van der Waals surface area contributed by atoms with E-state index in [9.17, 15) is 30.3 Å². The number of carbonyl (C=O) groups is 1. The molecular weight excluding hydrogens is 815 g/mol. The average molecular weight is 918 g/mol. The molecule has 1 aliphatic rings. The van der Waals surface area contributed by atoms with Crippen molar-refractivity contribution < 1.29 is 39.8 Å². The number of unbranched alkanes of at least 4 members (excludes halogenated alkanes) is 30. The van der Waals surface area contributed by atoms with E-state index in [0.29, 0.717) is 6.42 Å². The normalized spacial score (nSPS) is 20.3. The van der Waals surface area contributed by atoms with Gasteiger partial charge in [0.15, 0.2) is 6.29 Å². The number of ether oxygens (including phenoxy) is 2. The zero-order valence-corrected chi connectivity index (χ0v) is 42.0. The van der Waals surface area contributed by atoms with E-state index in [1.54, 1.807) is 6.08 Å². The molecular formula is C56H103NO8. The molecule has 65 heavy (non-hydrogen) atoms. The van der Waals surface area contributed by atoms with Crippen molar-refractivity contribution in [3.63, 3.8) is 0 Å². The van der Waals surface area contributed by atoms with Gasteiger partial charge in [0.05, 0.1) is 25.4 Å². The SMILES string of the molecule is CCCCCC/C=C\C/C=C\CCCCCCCC(=O)NC(COC1OC(CO)C(O)C(O)C1O)C(O)/C=C/CC/C=C/CCCCCCCCCCCCCCCCCCCCCC. The average Bonchev–Trinajstić information content (AvgIpc) is 3.31. The maximum absolute atomic E-state index is 13.0. The molecule has 7 unspecified atom stereocenters. The summed E-state index contributed by atoms with van der Waals surface area (Å²) in [6, 6.07) is -0.830. The van der Waals surface area contributed by atoms with Crippen LogP contribution in [-0.4, -0.2) is 87.5 Å². The van der Waals surface area contributed by atoms with Crippen molar-refractivity contribution in [1.29, 1.82) is 0 Å². The number of aliphatic hydroxyl groups is 5. The zero-order chi connectivity index (χ0) is 47.3. The fourth-order valence-electron chi connectivity index (χ4n) is 8.50. The maximum atomic E-state index is 13.0. The summed E-state index contributed by atoms with van der Waals surface area (Å²) >= 11 is 0. The van der Waals surface area contributed by atoms with Gasteiger partial charge in [-0.25, -0.2) is 0 Å². The van der Waals surface area contributed by atoms with Crippen LogP contribution in [0.15, 0.2) is 48.6 Å². The van der Waals surface area contributed by atoms with Crippen LogP contribution in [0.3, 0.4) is 0 Å². The van der Waals surface area contributed by atoms with Crippen molar-refractivity contribution in [3.8, 4) is 0 Å². The van der Waals surface area contributed by atoms with Crippen LogP contribution in [0.4, 0.5) is 0 Å². The van der Waals surface area contributed by atoms with Crippen LogP contribution in [-0.2, 0) is 14.3 Å². The molecule has 6 N–H and O–H groups in total. The zero-order valence-electron chi connectivity index (χ0n) is 42.0. The smallest absolute Gasteiger partial charge is 0.220 e. The molecule has 0 spiro atoms. The second kappa shape index (κ2) is 45.9. The Morgan fingerprint density at radius 3 is 1.40 bits per heavy atom. The third-order valence-corrected chi connectivity index (χ3v) is 12.9. The van der Waals surface area contributed by atoms with Crippen molar-refractivity contribution in [3.05, 3.63) is 48.6 Å². The number of allylic oxidation sites excluding steroid dienone is 7. The molecule has 9 heteroatoms. The van der Waals surface area contributed by atoms with Crippen LogP contribution in [0.2, 0.25) is 0 Å². The Hall–Kier alpha value is -1.85. The molecule has 0 aromatic rings. The van der Waals surface area contributed by atoms with E-state index in [-0.39, 0.29) is 12.5 Å². The van der Waals surface area contributed by atoms with Gasteiger partial charge in [-0.05, 0) is 64.2 Å². The summed E-state index contributed by atoms with van der Waals surface area (Å²) in [5.41, 5.74) is 0. The molecule has 0 aromatic heterocycles. The molecule has 1 saturated heterocycles. The Balaban J connectivity index is 2.27. The molecule has 7 atom stereocenters. The molecule has 1 amide bonds. The highest BCUT2D eigenvalue weighted by atomic mass is 16.7. The van der Waals surface area contributed by atoms with E-state index in [1.165, 1.54) is 161 Å². The van der Waals surface area contributed by atoms with Gasteiger partial charge < -0.3 is 40.3 Å². The number of hydrogen-bond acceptors (Lipinski definition) is 8. The maximum Gasteiger partial charge on any atom is 0.220 e. The van der Waals surface area contributed by atoms with Crippen molar-refractivity contribution in [2.24, 2.45) is 0 Å². The number of rotatable bonds is 46. The van der Waals surface area contributed by atoms with E-state index >= 15 is 0 Å². The van der Waals surface area contributed by atoms with Gasteiger partial charge in [0.1, 0.15) is 24.4 Å². The molecule has 0 aliphatic carbocycles. The highest BCUT2D eigenvalue weighted by Crippen LogP contribution is 2.23. The predicted octanol–water partition coefficient (Wildman–Crippen LogP) is 13.0. The summed E-state index contributed by atoms with van der Waals surface area (Å²) in [6.07, 6.45) is 53.2. The third kappa shape index (κ3) is 35.9. The van der Waals surface area contributed by atoms with Crippen LogP contribution < -0.4 is 5.32 Å². The van der Waals surface area contributed by atoms with Crippen LogP contribution in [0.1, 0.15) is 245 Å². The highest BCUT2D eigenvalue weighted by Gasteiger charge is 2.44. The molecule has 0 aromatic carbocycles. The first-order valence-electron chi connectivity index (χ1n) is 27.4. The summed E-state index contributed by atoms with van der Waals surface area (Å²) in [6.45, 7) is 3.75. The monoisotopic (exact) mass is 918 g/mol. The van der Waals surface area contributed by atoms with Crippen LogP contribution in [0.5, 0.6) is 0 Å². The lowest BCUT2D eigenvalue weighted by molar-refractivity contribution is -0.302. The molecule has 1 rings (SSSR count). The first-order valence-corrected chi connectivity index (χ1v) is 27.4. The highest BCUT2D eigenvalue weighted by molar-refractivity contribution is 5.76. The second-order valence-electron chi connectivity index (χ2n) is 19.0. The molecule has 9 nitrogen and oxygen atoms in total. The summed E-state index contributed by atoms with van der Waals surface area (Å²) in [4.78, 5) is 13.0. The Kier molecular flexibility index (Phi) is 43.2. The van der Waals surface area contributed by atoms with Gasteiger partial charge in [0.2, 0.25) is 5.91 Å². The van der Waals surface area contributed by atoms with Crippen LogP contribution in [0.25, 0.3) is 0 Å². The summed E-state index contributed by atoms with van der Waals surface area (Å²) in [5.74, 6) is -0.200. The molecule has 0 radical (unpaired) electrons. The molecule has 1 heterocycles. The summed E-state index contributed by atoms with van der Waals surface area (Å²) < 4.78 is 11.2. The van der Waals surface area contributed by atoms with Crippen LogP contribution in [0, 0.1) is 0 Å². The van der Waals surface area contributed by atoms with Gasteiger partial charge in [-0.15, -0.1) is 0 Å². The van der Waals surface area contributed by atoms with E-state index in [0.717, 1.165) is 64.2 Å². The van der Waals surface area contributed by atoms with Crippen LogP contribution >= 0.6 is 0 Å². The first-order chi connectivity index (χ1) is 31.8. The number of amides is 1. The summed E-state index contributed by atoms with van der Waals surface area (Å²) in [7, 11) is 0. The lowest BCUT2D eigenvalue weighted by atomic mass is 9.99. The van der Waals surface area contributed by atoms with Gasteiger partial charge in [-0.2, -0.15) is 0 Å².